The monoisotopic (exact) mass is 399 g/mol. The number of carbonyl (C=O) groups is 2. The van der Waals surface area contributed by atoms with Gasteiger partial charge in [-0.05, 0) is 31.4 Å². The van der Waals surface area contributed by atoms with Crippen LogP contribution < -0.4 is 5.69 Å². The molecule has 8 nitrogen and oxygen atoms in total. The molecular formula is C21H29N5O3. The van der Waals surface area contributed by atoms with E-state index < -0.39 is 0 Å². The number of amides is 2. The van der Waals surface area contributed by atoms with Gasteiger partial charge in [0.1, 0.15) is 6.54 Å². The van der Waals surface area contributed by atoms with E-state index in [9.17, 15) is 14.4 Å². The van der Waals surface area contributed by atoms with Crippen LogP contribution in [-0.4, -0.2) is 81.5 Å². The maximum atomic E-state index is 12.8. The first-order valence-corrected chi connectivity index (χ1v) is 10.5. The van der Waals surface area contributed by atoms with E-state index >= 15 is 0 Å². The molecule has 1 aromatic heterocycles. The number of piperidine rings is 1. The van der Waals surface area contributed by atoms with Crippen LogP contribution in [0.3, 0.4) is 0 Å². The van der Waals surface area contributed by atoms with Crippen molar-refractivity contribution in [3.05, 3.63) is 34.7 Å². The van der Waals surface area contributed by atoms with Gasteiger partial charge in [-0.15, -0.1) is 0 Å². The van der Waals surface area contributed by atoms with Gasteiger partial charge in [0, 0.05) is 46.3 Å². The lowest BCUT2D eigenvalue weighted by Crippen LogP contribution is -2.52. The Kier molecular flexibility index (Phi) is 5.71. The van der Waals surface area contributed by atoms with Crippen molar-refractivity contribution in [2.45, 2.75) is 25.8 Å². The van der Waals surface area contributed by atoms with Gasteiger partial charge in [0.25, 0.3) is 0 Å². The van der Waals surface area contributed by atoms with Crippen molar-refractivity contribution < 1.29 is 9.59 Å². The molecule has 0 N–H and O–H groups in total. The molecular weight excluding hydrogens is 370 g/mol. The van der Waals surface area contributed by atoms with Crippen LogP contribution in [0.2, 0.25) is 0 Å². The molecule has 0 unspecified atom stereocenters. The number of aromatic nitrogens is 2. The van der Waals surface area contributed by atoms with E-state index in [-0.39, 0.29) is 24.0 Å². The molecule has 2 amide bonds. The first kappa shape index (κ1) is 19.7. The Morgan fingerprint density at radius 3 is 2.07 bits per heavy atom. The molecule has 3 heterocycles. The van der Waals surface area contributed by atoms with Crippen molar-refractivity contribution in [1.29, 1.82) is 0 Å². The number of fused-ring (bicyclic) bond motifs is 1. The molecule has 8 heteroatoms. The maximum Gasteiger partial charge on any atom is 0.329 e. The van der Waals surface area contributed by atoms with E-state index in [0.717, 1.165) is 37.0 Å². The number of hydrogen-bond acceptors (Lipinski definition) is 4. The highest BCUT2D eigenvalue weighted by molar-refractivity contribution is 5.81. The van der Waals surface area contributed by atoms with E-state index in [4.69, 9.17) is 0 Å². The summed E-state index contributed by atoms with van der Waals surface area (Å²) in [6.45, 7) is 4.79. The summed E-state index contributed by atoms with van der Waals surface area (Å²) >= 11 is 0. The van der Waals surface area contributed by atoms with Crippen LogP contribution in [0.25, 0.3) is 11.0 Å². The molecule has 0 aliphatic carbocycles. The van der Waals surface area contributed by atoms with Gasteiger partial charge in [-0.3, -0.25) is 23.6 Å². The molecule has 2 aliphatic rings. The molecule has 0 spiro atoms. The zero-order valence-corrected chi connectivity index (χ0v) is 17.0. The third kappa shape index (κ3) is 4.07. The zero-order valence-electron chi connectivity index (χ0n) is 17.0. The summed E-state index contributed by atoms with van der Waals surface area (Å²) in [5.41, 5.74) is 1.43. The van der Waals surface area contributed by atoms with Gasteiger partial charge in [0.15, 0.2) is 0 Å². The Hall–Kier alpha value is -2.61. The molecule has 2 aliphatic heterocycles. The quantitative estimate of drug-likeness (QED) is 0.751. The Morgan fingerprint density at radius 2 is 1.38 bits per heavy atom. The maximum absolute atomic E-state index is 12.8. The number of likely N-dealkylation sites (tertiary alicyclic amines) is 1. The second-order valence-electron chi connectivity index (χ2n) is 8.01. The number of carbonyl (C=O) groups excluding carboxylic acids is 2. The van der Waals surface area contributed by atoms with E-state index in [2.05, 4.69) is 4.90 Å². The molecule has 2 saturated heterocycles. The SMILES string of the molecule is Cn1c(=O)n(CC(=O)N2CCN(CC(=O)N3CCCCC3)CC2)c2ccccc21. The highest BCUT2D eigenvalue weighted by Gasteiger charge is 2.25. The highest BCUT2D eigenvalue weighted by atomic mass is 16.2. The molecule has 2 fully saturated rings. The Bertz CT molecular complexity index is 949. The number of benzene rings is 1. The molecule has 156 valence electrons. The number of piperazine rings is 1. The second kappa shape index (κ2) is 8.41. The molecule has 0 radical (unpaired) electrons. The van der Waals surface area contributed by atoms with Crippen molar-refractivity contribution >= 4 is 22.8 Å². The number of aryl methyl sites for hydroxylation is 1. The fourth-order valence-corrected chi connectivity index (χ4v) is 4.34. The summed E-state index contributed by atoms with van der Waals surface area (Å²) in [4.78, 5) is 43.7. The van der Waals surface area contributed by atoms with E-state index in [1.54, 1.807) is 21.1 Å². The van der Waals surface area contributed by atoms with Crippen LogP contribution in [0.5, 0.6) is 0 Å². The van der Waals surface area contributed by atoms with Gasteiger partial charge in [-0.2, -0.15) is 0 Å². The molecule has 0 saturated carbocycles. The normalized spacial score (nSPS) is 18.4. The Balaban J connectivity index is 1.33. The third-order valence-corrected chi connectivity index (χ3v) is 6.14. The third-order valence-electron chi connectivity index (χ3n) is 6.14. The molecule has 1 aromatic carbocycles. The van der Waals surface area contributed by atoms with Crippen LogP contribution in [-0.2, 0) is 23.2 Å². The minimum atomic E-state index is -0.176. The standard InChI is InChI=1S/C21H29N5O3/c1-22-17-7-3-4-8-18(17)26(21(22)29)16-20(28)25-13-11-23(12-14-25)15-19(27)24-9-5-2-6-10-24/h3-4,7-8H,2,5-6,9-16H2,1H3. The van der Waals surface area contributed by atoms with Crippen LogP contribution in [0, 0.1) is 0 Å². The zero-order chi connectivity index (χ0) is 20.4. The minimum absolute atomic E-state index is 0.0485. The summed E-state index contributed by atoms with van der Waals surface area (Å²) in [7, 11) is 1.73. The van der Waals surface area contributed by atoms with Crippen molar-refractivity contribution in [1.82, 2.24) is 23.8 Å². The first-order chi connectivity index (χ1) is 14.0. The van der Waals surface area contributed by atoms with E-state index in [1.807, 2.05) is 29.2 Å². The molecule has 0 atom stereocenters. The Labute approximate surface area is 170 Å². The van der Waals surface area contributed by atoms with Gasteiger partial charge in [-0.25, -0.2) is 4.79 Å². The second-order valence-corrected chi connectivity index (χ2v) is 8.01. The van der Waals surface area contributed by atoms with Crippen LogP contribution in [0.4, 0.5) is 0 Å². The summed E-state index contributed by atoms with van der Waals surface area (Å²) in [5.74, 6) is 0.150. The lowest BCUT2D eigenvalue weighted by Gasteiger charge is -2.36. The topological polar surface area (TPSA) is 70.8 Å². The van der Waals surface area contributed by atoms with Crippen molar-refractivity contribution in [2.75, 3.05) is 45.8 Å². The highest BCUT2D eigenvalue weighted by Crippen LogP contribution is 2.13. The van der Waals surface area contributed by atoms with Crippen LogP contribution in [0.15, 0.2) is 29.1 Å². The van der Waals surface area contributed by atoms with Gasteiger partial charge in [-0.1, -0.05) is 12.1 Å². The average molecular weight is 399 g/mol. The average Bonchev–Trinajstić information content (AvgIpc) is 3.00. The van der Waals surface area contributed by atoms with Crippen LogP contribution in [0.1, 0.15) is 19.3 Å². The predicted molar refractivity (Wildman–Crippen MR) is 111 cm³/mol. The van der Waals surface area contributed by atoms with Crippen molar-refractivity contribution in [2.24, 2.45) is 7.05 Å². The van der Waals surface area contributed by atoms with Gasteiger partial charge in [0.2, 0.25) is 11.8 Å². The molecule has 4 rings (SSSR count). The number of nitrogens with zero attached hydrogens (tertiary/aromatic N) is 5. The molecule has 29 heavy (non-hydrogen) atoms. The summed E-state index contributed by atoms with van der Waals surface area (Å²) in [6.07, 6.45) is 3.41. The number of rotatable bonds is 4. The first-order valence-electron chi connectivity index (χ1n) is 10.5. The molecule has 0 bridgehead atoms. The number of para-hydroxylation sites is 2. The fraction of sp³-hybridized carbons (Fsp3) is 0.571. The fourth-order valence-electron chi connectivity index (χ4n) is 4.34. The van der Waals surface area contributed by atoms with Gasteiger partial charge in [0.05, 0.1) is 17.6 Å². The van der Waals surface area contributed by atoms with E-state index in [0.29, 0.717) is 32.7 Å². The number of hydrogen-bond donors (Lipinski definition) is 0. The molecule has 2 aromatic rings. The lowest BCUT2D eigenvalue weighted by molar-refractivity contribution is -0.136. The summed E-state index contributed by atoms with van der Waals surface area (Å²) < 4.78 is 3.12. The largest absolute Gasteiger partial charge is 0.342 e. The summed E-state index contributed by atoms with van der Waals surface area (Å²) in [6, 6.07) is 7.52. The van der Waals surface area contributed by atoms with Crippen molar-refractivity contribution in [3.63, 3.8) is 0 Å². The lowest BCUT2D eigenvalue weighted by atomic mass is 10.1. The Morgan fingerprint density at radius 1 is 0.793 bits per heavy atom. The minimum Gasteiger partial charge on any atom is -0.342 e. The smallest absolute Gasteiger partial charge is 0.329 e. The van der Waals surface area contributed by atoms with Gasteiger partial charge >= 0.3 is 5.69 Å². The number of imidazole rings is 1. The van der Waals surface area contributed by atoms with Crippen LogP contribution >= 0.6 is 0 Å². The summed E-state index contributed by atoms with van der Waals surface area (Å²) in [5, 5.41) is 0. The van der Waals surface area contributed by atoms with Crippen molar-refractivity contribution in [3.8, 4) is 0 Å². The van der Waals surface area contributed by atoms with Gasteiger partial charge < -0.3 is 9.80 Å². The van der Waals surface area contributed by atoms with E-state index in [1.165, 1.54) is 6.42 Å². The predicted octanol–water partition coefficient (Wildman–Crippen LogP) is 0.497.